The van der Waals surface area contributed by atoms with Gasteiger partial charge in [0.2, 0.25) is 0 Å². The molecule has 0 saturated heterocycles. The largest absolute Gasteiger partial charge is 0.443 e. The van der Waals surface area contributed by atoms with Gasteiger partial charge in [-0.1, -0.05) is 24.3 Å². The Morgan fingerprint density at radius 1 is 0.686 bits per heavy atom. The number of hydrogen-bond donors (Lipinski definition) is 2. The molecule has 2 aromatic rings. The van der Waals surface area contributed by atoms with Crippen molar-refractivity contribution in [3.8, 4) is 0 Å². The summed E-state index contributed by atoms with van der Waals surface area (Å²) in [6.07, 6.45) is -1.39. The molecule has 0 aliphatic rings. The topological polar surface area (TPSA) is 128 Å². The van der Waals surface area contributed by atoms with E-state index >= 15 is 0 Å². The number of urea groups is 1. The molecule has 0 aliphatic carbocycles. The Balaban J connectivity index is 2.38. The quantitative estimate of drug-likeness (QED) is 0.559. The Kier molecular flexibility index (Phi) is 8.73. The number of nitrogens with two attached hydrogens (primary N) is 2. The van der Waals surface area contributed by atoms with Gasteiger partial charge in [0, 0.05) is 17.9 Å². The second kappa shape index (κ2) is 11.1. The number of rotatable bonds is 5. The number of benzene rings is 2. The molecule has 190 valence electrons. The first-order chi connectivity index (χ1) is 16.1. The third kappa shape index (κ3) is 9.19. The Hall–Kier alpha value is -3.75. The third-order valence-corrected chi connectivity index (χ3v) is 4.61. The van der Waals surface area contributed by atoms with Crippen LogP contribution in [0.1, 0.15) is 52.7 Å². The van der Waals surface area contributed by atoms with Crippen LogP contribution in [0.4, 0.5) is 25.8 Å². The van der Waals surface area contributed by atoms with E-state index in [1.54, 1.807) is 77.9 Å². The average molecular weight is 485 g/mol. The standard InChI is InChI=1S/C26H36N4O5/c1-25(2,3)34-23(32)29(16-15-18-7-11-20(27)12-8-18)22(31)30(24(33)35-26(4,5)6)17-19-9-13-21(28)14-10-19/h7-14H,15-17,27-28H2,1-6H3. The van der Waals surface area contributed by atoms with Gasteiger partial charge in [0.05, 0.1) is 6.54 Å². The monoisotopic (exact) mass is 484 g/mol. The zero-order valence-electron chi connectivity index (χ0n) is 21.3. The molecule has 0 unspecified atom stereocenters. The maximum absolute atomic E-state index is 13.7. The predicted octanol–water partition coefficient (Wildman–Crippen LogP) is 5.19. The fourth-order valence-electron chi connectivity index (χ4n) is 2.99. The zero-order chi connectivity index (χ0) is 26.4. The summed E-state index contributed by atoms with van der Waals surface area (Å²) in [6, 6.07) is 13.0. The molecule has 0 radical (unpaired) electrons. The van der Waals surface area contributed by atoms with E-state index in [1.807, 2.05) is 12.1 Å². The first-order valence-corrected chi connectivity index (χ1v) is 11.4. The molecule has 9 heteroatoms. The molecule has 9 nitrogen and oxygen atoms in total. The summed E-state index contributed by atoms with van der Waals surface area (Å²) in [5, 5.41) is 0. The molecule has 0 fully saturated rings. The molecular weight excluding hydrogens is 448 g/mol. The van der Waals surface area contributed by atoms with Crippen LogP contribution in [0.5, 0.6) is 0 Å². The van der Waals surface area contributed by atoms with E-state index in [2.05, 4.69) is 0 Å². The van der Waals surface area contributed by atoms with Crippen molar-refractivity contribution < 1.29 is 23.9 Å². The molecule has 0 heterocycles. The third-order valence-electron chi connectivity index (χ3n) is 4.61. The van der Waals surface area contributed by atoms with Gasteiger partial charge in [0.25, 0.3) is 0 Å². The van der Waals surface area contributed by atoms with E-state index < -0.39 is 29.4 Å². The van der Waals surface area contributed by atoms with Crippen molar-refractivity contribution >= 4 is 29.6 Å². The summed E-state index contributed by atoms with van der Waals surface area (Å²) in [5.74, 6) is 0. The lowest BCUT2D eigenvalue weighted by atomic mass is 10.1. The van der Waals surface area contributed by atoms with Gasteiger partial charge >= 0.3 is 18.2 Å². The highest BCUT2D eigenvalue weighted by molar-refractivity contribution is 5.98. The van der Waals surface area contributed by atoms with Crippen molar-refractivity contribution in [3.05, 3.63) is 59.7 Å². The van der Waals surface area contributed by atoms with Crippen LogP contribution in [0.2, 0.25) is 0 Å². The summed E-state index contributed by atoms with van der Waals surface area (Å²) >= 11 is 0. The molecule has 2 aromatic carbocycles. The van der Waals surface area contributed by atoms with Crippen LogP contribution in [0.3, 0.4) is 0 Å². The Morgan fingerprint density at radius 2 is 1.09 bits per heavy atom. The van der Waals surface area contributed by atoms with Gasteiger partial charge in [-0.3, -0.25) is 0 Å². The number of amides is 4. The Morgan fingerprint density at radius 3 is 1.51 bits per heavy atom. The number of carbonyl (C=O) groups excluding carboxylic acids is 3. The van der Waals surface area contributed by atoms with Crippen LogP contribution in [-0.2, 0) is 22.4 Å². The minimum Gasteiger partial charge on any atom is -0.443 e. The van der Waals surface area contributed by atoms with Gasteiger partial charge < -0.3 is 20.9 Å². The molecular formula is C26H36N4O5. The van der Waals surface area contributed by atoms with Gasteiger partial charge in [0.15, 0.2) is 0 Å². The number of imide groups is 2. The normalized spacial score (nSPS) is 11.5. The van der Waals surface area contributed by atoms with Crippen molar-refractivity contribution in [1.29, 1.82) is 0 Å². The van der Waals surface area contributed by atoms with Crippen molar-refractivity contribution in [3.63, 3.8) is 0 Å². The molecule has 4 amide bonds. The minimum absolute atomic E-state index is 0.0152. The lowest BCUT2D eigenvalue weighted by molar-refractivity contribution is 0.0177. The average Bonchev–Trinajstić information content (AvgIpc) is 2.72. The van der Waals surface area contributed by atoms with E-state index in [0.29, 0.717) is 23.4 Å². The SMILES string of the molecule is CC(C)(C)OC(=O)N(CCc1ccc(N)cc1)C(=O)N(Cc1ccc(N)cc1)C(=O)OC(C)(C)C. The lowest BCUT2D eigenvalue weighted by Gasteiger charge is -2.31. The fourth-order valence-corrected chi connectivity index (χ4v) is 2.99. The first-order valence-electron chi connectivity index (χ1n) is 11.4. The molecule has 0 spiro atoms. The highest BCUT2D eigenvalue weighted by Crippen LogP contribution is 2.19. The van der Waals surface area contributed by atoms with Gasteiger partial charge in [-0.05, 0) is 83.4 Å². The summed E-state index contributed by atoms with van der Waals surface area (Å²) in [7, 11) is 0. The number of nitrogen functional groups attached to an aromatic ring is 2. The molecule has 35 heavy (non-hydrogen) atoms. The number of hydrogen-bond acceptors (Lipinski definition) is 7. The van der Waals surface area contributed by atoms with Crippen molar-refractivity contribution in [1.82, 2.24) is 9.80 Å². The van der Waals surface area contributed by atoms with Crippen LogP contribution in [-0.4, -0.2) is 45.8 Å². The van der Waals surface area contributed by atoms with E-state index in [1.165, 1.54) is 0 Å². The maximum Gasteiger partial charge on any atom is 0.418 e. The van der Waals surface area contributed by atoms with Crippen LogP contribution in [0.25, 0.3) is 0 Å². The molecule has 0 bridgehead atoms. The molecule has 0 atom stereocenters. The Labute approximate surface area is 207 Å². The second-order valence-electron chi connectivity index (χ2n) is 10.2. The molecule has 0 saturated carbocycles. The zero-order valence-corrected chi connectivity index (χ0v) is 21.3. The smallest absolute Gasteiger partial charge is 0.418 e. The van der Waals surface area contributed by atoms with Crippen LogP contribution >= 0.6 is 0 Å². The summed E-state index contributed by atoms with van der Waals surface area (Å²) < 4.78 is 10.9. The van der Waals surface area contributed by atoms with E-state index in [-0.39, 0.29) is 13.1 Å². The second-order valence-corrected chi connectivity index (χ2v) is 10.2. The predicted molar refractivity (Wildman–Crippen MR) is 136 cm³/mol. The van der Waals surface area contributed by atoms with E-state index in [4.69, 9.17) is 20.9 Å². The van der Waals surface area contributed by atoms with Gasteiger partial charge in [-0.2, -0.15) is 0 Å². The maximum atomic E-state index is 13.7. The number of ether oxygens (including phenoxy) is 2. The van der Waals surface area contributed by atoms with Crippen molar-refractivity contribution in [2.24, 2.45) is 0 Å². The Bertz CT molecular complexity index is 1020. The summed E-state index contributed by atoms with van der Waals surface area (Å²) in [6.45, 7) is 10.1. The van der Waals surface area contributed by atoms with E-state index in [0.717, 1.165) is 15.4 Å². The van der Waals surface area contributed by atoms with Crippen molar-refractivity contribution in [2.75, 3.05) is 18.0 Å². The van der Waals surface area contributed by atoms with Crippen LogP contribution in [0.15, 0.2) is 48.5 Å². The highest BCUT2D eigenvalue weighted by Gasteiger charge is 2.35. The van der Waals surface area contributed by atoms with Gasteiger partial charge in [0.1, 0.15) is 11.2 Å². The first kappa shape index (κ1) is 27.5. The minimum atomic E-state index is -0.875. The summed E-state index contributed by atoms with van der Waals surface area (Å²) in [4.78, 5) is 41.6. The number of nitrogens with zero attached hydrogens (tertiary/aromatic N) is 2. The van der Waals surface area contributed by atoms with Gasteiger partial charge in [-0.15, -0.1) is 0 Å². The number of carbonyl (C=O) groups is 3. The van der Waals surface area contributed by atoms with Crippen molar-refractivity contribution in [2.45, 2.75) is 65.7 Å². The number of anilines is 2. The fraction of sp³-hybridized carbons (Fsp3) is 0.423. The summed E-state index contributed by atoms with van der Waals surface area (Å²) in [5.41, 5.74) is 12.5. The highest BCUT2D eigenvalue weighted by atomic mass is 16.6. The molecule has 4 N–H and O–H groups in total. The van der Waals surface area contributed by atoms with Crippen LogP contribution < -0.4 is 11.5 Å². The lowest BCUT2D eigenvalue weighted by Crippen LogP contribution is -2.51. The molecule has 0 aliphatic heterocycles. The van der Waals surface area contributed by atoms with Gasteiger partial charge in [-0.25, -0.2) is 24.2 Å². The van der Waals surface area contributed by atoms with E-state index in [9.17, 15) is 14.4 Å². The molecule has 2 rings (SSSR count). The molecule has 0 aromatic heterocycles. The van der Waals surface area contributed by atoms with Crippen LogP contribution in [0, 0.1) is 0 Å².